The van der Waals surface area contributed by atoms with Crippen molar-refractivity contribution < 1.29 is 14.3 Å². The zero-order valence-corrected chi connectivity index (χ0v) is 19.3. The van der Waals surface area contributed by atoms with E-state index in [0.29, 0.717) is 6.61 Å². The molecule has 7 heteroatoms. The van der Waals surface area contributed by atoms with Crippen LogP contribution < -0.4 is 5.32 Å². The second-order valence-electron chi connectivity index (χ2n) is 8.40. The highest BCUT2D eigenvalue weighted by atomic mass is 16.6. The van der Waals surface area contributed by atoms with Crippen LogP contribution in [0.25, 0.3) is 22.2 Å². The van der Waals surface area contributed by atoms with Gasteiger partial charge in [0.05, 0.1) is 24.9 Å². The van der Waals surface area contributed by atoms with Crippen molar-refractivity contribution in [1.82, 2.24) is 14.9 Å². The Balaban J connectivity index is 1.42. The molecule has 1 fully saturated rings. The number of piperidine rings is 1. The molecule has 1 N–H and O–H groups in total. The van der Waals surface area contributed by atoms with Crippen molar-refractivity contribution >= 4 is 22.6 Å². The molecule has 0 bridgehead atoms. The van der Waals surface area contributed by atoms with Gasteiger partial charge in [-0.1, -0.05) is 30.7 Å². The Hall–Kier alpha value is -3.03. The molecule has 0 amide bonds. The SMILES string of the molecule is COC(=O)COCc1ccc(-c2cc(NCCCN3CCCCC3)c3cnccc3n2)cc1. The van der Waals surface area contributed by atoms with Crippen molar-refractivity contribution in [3.63, 3.8) is 0 Å². The van der Waals surface area contributed by atoms with Gasteiger partial charge in [0.2, 0.25) is 0 Å². The minimum Gasteiger partial charge on any atom is -0.467 e. The van der Waals surface area contributed by atoms with E-state index in [-0.39, 0.29) is 12.6 Å². The third-order valence-electron chi connectivity index (χ3n) is 5.99. The van der Waals surface area contributed by atoms with Crippen LogP contribution in [0.2, 0.25) is 0 Å². The van der Waals surface area contributed by atoms with Crippen LogP contribution >= 0.6 is 0 Å². The summed E-state index contributed by atoms with van der Waals surface area (Å²) in [6.07, 6.45) is 8.79. The minimum absolute atomic E-state index is 0.0503. The van der Waals surface area contributed by atoms with Crippen LogP contribution in [0.15, 0.2) is 48.8 Å². The summed E-state index contributed by atoms with van der Waals surface area (Å²) < 4.78 is 9.98. The Morgan fingerprint density at radius 1 is 1.12 bits per heavy atom. The van der Waals surface area contributed by atoms with Crippen LogP contribution in [0.5, 0.6) is 0 Å². The number of fused-ring (bicyclic) bond motifs is 1. The highest BCUT2D eigenvalue weighted by molar-refractivity contribution is 5.93. The molecule has 2 aromatic heterocycles. The van der Waals surface area contributed by atoms with Gasteiger partial charge in [-0.15, -0.1) is 0 Å². The van der Waals surface area contributed by atoms with Gasteiger partial charge >= 0.3 is 5.97 Å². The lowest BCUT2D eigenvalue weighted by Crippen LogP contribution is -2.31. The van der Waals surface area contributed by atoms with E-state index < -0.39 is 0 Å². The Morgan fingerprint density at radius 2 is 1.94 bits per heavy atom. The molecular formula is C26H32N4O3. The zero-order valence-electron chi connectivity index (χ0n) is 19.3. The lowest BCUT2D eigenvalue weighted by molar-refractivity contribution is -0.146. The van der Waals surface area contributed by atoms with Gasteiger partial charge < -0.3 is 19.7 Å². The average Bonchev–Trinajstić information content (AvgIpc) is 2.87. The number of hydrogen-bond acceptors (Lipinski definition) is 7. The number of nitrogens with zero attached hydrogens (tertiary/aromatic N) is 3. The van der Waals surface area contributed by atoms with Crippen LogP contribution in [0.4, 0.5) is 5.69 Å². The first-order valence-electron chi connectivity index (χ1n) is 11.7. The molecule has 174 valence electrons. The van der Waals surface area contributed by atoms with E-state index in [1.54, 1.807) is 6.20 Å². The number of methoxy groups -OCH3 is 1. The monoisotopic (exact) mass is 448 g/mol. The van der Waals surface area contributed by atoms with E-state index in [9.17, 15) is 4.79 Å². The van der Waals surface area contributed by atoms with Crippen molar-refractivity contribution in [1.29, 1.82) is 0 Å². The molecule has 33 heavy (non-hydrogen) atoms. The first-order chi connectivity index (χ1) is 16.2. The van der Waals surface area contributed by atoms with Crippen molar-refractivity contribution in [2.75, 3.05) is 45.2 Å². The molecule has 3 aromatic rings. The van der Waals surface area contributed by atoms with E-state index in [0.717, 1.165) is 52.9 Å². The molecule has 0 saturated carbocycles. The number of rotatable bonds is 10. The average molecular weight is 449 g/mol. The summed E-state index contributed by atoms with van der Waals surface area (Å²) in [7, 11) is 1.35. The fourth-order valence-electron chi connectivity index (χ4n) is 4.15. The van der Waals surface area contributed by atoms with Crippen LogP contribution in [0.3, 0.4) is 0 Å². The van der Waals surface area contributed by atoms with Crippen molar-refractivity contribution in [3.05, 3.63) is 54.4 Å². The lowest BCUT2D eigenvalue weighted by atomic mass is 10.1. The van der Waals surface area contributed by atoms with Gasteiger partial charge in [0, 0.05) is 35.6 Å². The summed E-state index contributed by atoms with van der Waals surface area (Å²) >= 11 is 0. The smallest absolute Gasteiger partial charge is 0.331 e. The molecule has 1 saturated heterocycles. The summed E-state index contributed by atoms with van der Waals surface area (Å²) in [6, 6.07) is 12.1. The molecule has 0 unspecified atom stereocenters. The molecule has 0 spiro atoms. The number of anilines is 1. The highest BCUT2D eigenvalue weighted by Crippen LogP contribution is 2.28. The number of esters is 1. The number of pyridine rings is 2. The number of likely N-dealkylation sites (tertiary alicyclic amines) is 1. The number of aromatic nitrogens is 2. The third kappa shape index (κ3) is 6.49. The van der Waals surface area contributed by atoms with E-state index in [4.69, 9.17) is 9.72 Å². The van der Waals surface area contributed by atoms with Gasteiger partial charge in [0.15, 0.2) is 0 Å². The quantitative estimate of drug-likeness (QED) is 0.367. The molecule has 4 rings (SSSR count). The van der Waals surface area contributed by atoms with Gasteiger partial charge in [-0.05, 0) is 56.6 Å². The first kappa shape index (κ1) is 23.1. The van der Waals surface area contributed by atoms with Crippen LogP contribution in [0.1, 0.15) is 31.2 Å². The van der Waals surface area contributed by atoms with E-state index in [2.05, 4.69) is 26.0 Å². The maximum Gasteiger partial charge on any atom is 0.331 e. The molecular weight excluding hydrogens is 416 g/mol. The number of ether oxygens (including phenoxy) is 2. The number of nitrogens with one attached hydrogen (secondary N) is 1. The predicted molar refractivity (Wildman–Crippen MR) is 130 cm³/mol. The van der Waals surface area contributed by atoms with E-state index in [1.807, 2.05) is 36.5 Å². The number of hydrogen-bond donors (Lipinski definition) is 1. The third-order valence-corrected chi connectivity index (χ3v) is 5.99. The predicted octanol–water partition coefficient (Wildman–Crippen LogP) is 4.27. The molecule has 1 aliphatic rings. The Labute approximate surface area is 195 Å². The standard InChI is InChI=1S/C26H32N4O3/c1-32-26(31)19-33-18-20-6-8-21(9-7-20)24-16-25(22-17-27-12-10-23(22)29-24)28-11-5-15-30-13-3-2-4-14-30/h6-10,12,16-17H,2-5,11,13-15,18-19H2,1H3,(H,28,29). The van der Waals surface area contributed by atoms with Gasteiger partial charge in [0.25, 0.3) is 0 Å². The van der Waals surface area contributed by atoms with Crippen LogP contribution in [-0.4, -0.2) is 60.7 Å². The molecule has 3 heterocycles. The summed E-state index contributed by atoms with van der Waals surface area (Å²) in [5, 5.41) is 4.66. The minimum atomic E-state index is -0.377. The second-order valence-corrected chi connectivity index (χ2v) is 8.40. The first-order valence-corrected chi connectivity index (χ1v) is 11.7. The molecule has 0 aliphatic carbocycles. The number of carbonyl (C=O) groups excluding carboxylic acids is 1. The molecule has 0 atom stereocenters. The Kier molecular flexibility index (Phi) is 8.22. The van der Waals surface area contributed by atoms with Crippen LogP contribution in [-0.2, 0) is 20.9 Å². The Bertz CT molecular complexity index is 1050. The highest BCUT2D eigenvalue weighted by Gasteiger charge is 2.11. The Morgan fingerprint density at radius 3 is 2.73 bits per heavy atom. The van der Waals surface area contributed by atoms with Gasteiger partial charge in [-0.2, -0.15) is 0 Å². The molecule has 0 radical (unpaired) electrons. The number of carbonyl (C=O) groups is 1. The van der Waals surface area contributed by atoms with Crippen molar-refractivity contribution in [3.8, 4) is 11.3 Å². The van der Waals surface area contributed by atoms with Crippen molar-refractivity contribution in [2.45, 2.75) is 32.3 Å². The zero-order chi connectivity index (χ0) is 22.9. The van der Waals surface area contributed by atoms with E-state index >= 15 is 0 Å². The van der Waals surface area contributed by atoms with Gasteiger partial charge in [-0.3, -0.25) is 4.98 Å². The molecule has 1 aromatic carbocycles. The van der Waals surface area contributed by atoms with Gasteiger partial charge in [-0.25, -0.2) is 9.78 Å². The fraction of sp³-hybridized carbons (Fsp3) is 0.423. The summed E-state index contributed by atoms with van der Waals surface area (Å²) in [4.78, 5) is 22.9. The lowest BCUT2D eigenvalue weighted by Gasteiger charge is -2.26. The maximum absolute atomic E-state index is 11.2. The van der Waals surface area contributed by atoms with E-state index in [1.165, 1.54) is 39.5 Å². The summed E-state index contributed by atoms with van der Waals surface area (Å²) in [5.41, 5.74) is 4.92. The molecule has 7 nitrogen and oxygen atoms in total. The maximum atomic E-state index is 11.2. The largest absolute Gasteiger partial charge is 0.467 e. The summed E-state index contributed by atoms with van der Waals surface area (Å²) in [5.74, 6) is -0.377. The van der Waals surface area contributed by atoms with Gasteiger partial charge in [0.1, 0.15) is 6.61 Å². The molecule has 1 aliphatic heterocycles. The second kappa shape index (κ2) is 11.7. The number of benzene rings is 1. The normalized spacial score (nSPS) is 14.3. The van der Waals surface area contributed by atoms with Crippen molar-refractivity contribution in [2.24, 2.45) is 0 Å². The topological polar surface area (TPSA) is 76.6 Å². The summed E-state index contributed by atoms with van der Waals surface area (Å²) in [6.45, 7) is 4.83. The fourth-order valence-corrected chi connectivity index (χ4v) is 4.15. The van der Waals surface area contributed by atoms with Crippen LogP contribution in [0, 0.1) is 0 Å².